The van der Waals surface area contributed by atoms with E-state index in [0.717, 1.165) is 0 Å². The molecular formula is C14H13Cl2NO2S. The summed E-state index contributed by atoms with van der Waals surface area (Å²) >= 11 is 12.0. The second-order valence-corrected chi connectivity index (χ2v) is 6.34. The Hall–Kier alpha value is -1.23. The first-order valence-electron chi connectivity index (χ1n) is 5.88. The highest BCUT2D eigenvalue weighted by atomic mass is 35.5. The van der Waals surface area contributed by atoms with Crippen molar-refractivity contribution in [3.63, 3.8) is 0 Å². The molecule has 0 fully saturated rings. The summed E-state index contributed by atoms with van der Waals surface area (Å²) in [5.74, 6) is 0.949. The molecule has 2 rings (SSSR count). The van der Waals surface area contributed by atoms with Gasteiger partial charge >= 0.3 is 0 Å². The van der Waals surface area contributed by atoms with Gasteiger partial charge in [0, 0.05) is 11.8 Å². The monoisotopic (exact) mass is 329 g/mol. The Kier molecular flexibility index (Phi) is 5.29. The summed E-state index contributed by atoms with van der Waals surface area (Å²) in [6, 6.07) is 12.1. The van der Waals surface area contributed by atoms with E-state index >= 15 is 0 Å². The molecule has 0 bridgehead atoms. The zero-order valence-corrected chi connectivity index (χ0v) is 12.8. The predicted octanol–water partition coefficient (Wildman–Crippen LogP) is 3.76. The van der Waals surface area contributed by atoms with Crippen molar-refractivity contribution >= 4 is 39.7 Å². The lowest BCUT2D eigenvalue weighted by Crippen LogP contribution is -2.09. The first-order valence-corrected chi connectivity index (χ1v) is 7.96. The summed E-state index contributed by atoms with van der Waals surface area (Å²) in [7, 11) is -1.31. The maximum atomic E-state index is 12.2. The van der Waals surface area contributed by atoms with Crippen LogP contribution in [0.15, 0.2) is 47.4 Å². The molecule has 0 spiro atoms. The third-order valence-corrected chi connectivity index (χ3v) is 4.83. The molecule has 0 aliphatic carbocycles. The third kappa shape index (κ3) is 3.88. The fourth-order valence-electron chi connectivity index (χ4n) is 1.64. The topological polar surface area (TPSA) is 52.3 Å². The van der Waals surface area contributed by atoms with Crippen LogP contribution in [0.4, 0.5) is 5.69 Å². The summed E-state index contributed by atoms with van der Waals surface area (Å²) in [6.07, 6.45) is 0. The SMILES string of the molecule is Nc1cccc(OCCS(=O)c2c(Cl)cccc2Cl)c1. The Morgan fingerprint density at radius 3 is 2.40 bits per heavy atom. The van der Waals surface area contributed by atoms with Crippen molar-refractivity contribution in [2.75, 3.05) is 18.1 Å². The molecule has 1 atom stereocenters. The maximum absolute atomic E-state index is 12.2. The van der Waals surface area contributed by atoms with Crippen molar-refractivity contribution < 1.29 is 8.95 Å². The lowest BCUT2D eigenvalue weighted by Gasteiger charge is -2.09. The molecule has 0 radical (unpaired) electrons. The Morgan fingerprint density at radius 2 is 1.75 bits per heavy atom. The summed E-state index contributed by atoms with van der Waals surface area (Å²) in [6.45, 7) is 0.289. The van der Waals surface area contributed by atoms with Gasteiger partial charge in [-0.05, 0) is 24.3 Å². The molecule has 3 nitrogen and oxygen atoms in total. The molecule has 0 aromatic heterocycles. The van der Waals surface area contributed by atoms with Gasteiger partial charge in [0.05, 0.1) is 31.5 Å². The first-order chi connectivity index (χ1) is 9.58. The van der Waals surface area contributed by atoms with Gasteiger partial charge in [0.2, 0.25) is 0 Å². The van der Waals surface area contributed by atoms with E-state index in [1.165, 1.54) is 0 Å². The lowest BCUT2D eigenvalue weighted by atomic mass is 10.3. The second-order valence-electron chi connectivity index (χ2n) is 4.02. The molecule has 2 aromatic carbocycles. The highest BCUT2D eigenvalue weighted by Gasteiger charge is 2.13. The average molecular weight is 330 g/mol. The van der Waals surface area contributed by atoms with Gasteiger partial charge in [-0.25, -0.2) is 0 Å². The van der Waals surface area contributed by atoms with Gasteiger partial charge in [0.1, 0.15) is 12.4 Å². The highest BCUT2D eigenvalue weighted by molar-refractivity contribution is 7.85. The van der Waals surface area contributed by atoms with E-state index in [1.54, 1.807) is 42.5 Å². The van der Waals surface area contributed by atoms with Crippen LogP contribution in [0.2, 0.25) is 10.0 Å². The smallest absolute Gasteiger partial charge is 0.121 e. The zero-order chi connectivity index (χ0) is 14.5. The molecule has 106 valence electrons. The minimum atomic E-state index is -1.31. The fraction of sp³-hybridized carbons (Fsp3) is 0.143. The van der Waals surface area contributed by atoms with Crippen LogP contribution in [-0.4, -0.2) is 16.6 Å². The molecule has 1 unspecified atom stereocenters. The number of nitrogen functional groups attached to an aromatic ring is 1. The van der Waals surface area contributed by atoms with E-state index < -0.39 is 10.8 Å². The summed E-state index contributed by atoms with van der Waals surface area (Å²) in [4.78, 5) is 0.451. The van der Waals surface area contributed by atoms with Crippen LogP contribution in [0.3, 0.4) is 0 Å². The van der Waals surface area contributed by atoms with Gasteiger partial charge in [0.25, 0.3) is 0 Å². The molecule has 2 aromatic rings. The standard InChI is InChI=1S/C14H13Cl2NO2S/c15-12-5-2-6-13(16)14(12)20(18)8-7-19-11-4-1-3-10(17)9-11/h1-6,9H,7-8,17H2. The van der Waals surface area contributed by atoms with Gasteiger partial charge in [-0.1, -0.05) is 35.3 Å². The number of hydrogen-bond donors (Lipinski definition) is 1. The van der Waals surface area contributed by atoms with Gasteiger partial charge in [-0.15, -0.1) is 0 Å². The Balaban J connectivity index is 1.96. The van der Waals surface area contributed by atoms with Crippen molar-refractivity contribution in [2.45, 2.75) is 4.90 Å². The van der Waals surface area contributed by atoms with Gasteiger partial charge in [-0.2, -0.15) is 0 Å². The third-order valence-electron chi connectivity index (χ3n) is 2.54. The summed E-state index contributed by atoms with van der Waals surface area (Å²) in [5.41, 5.74) is 6.27. The van der Waals surface area contributed by atoms with Crippen LogP contribution in [0, 0.1) is 0 Å². The Bertz CT molecular complexity index is 614. The number of anilines is 1. The number of halogens is 2. The van der Waals surface area contributed by atoms with Crippen LogP contribution in [0.1, 0.15) is 0 Å². The van der Waals surface area contributed by atoms with Gasteiger partial charge in [0.15, 0.2) is 0 Å². The van der Waals surface area contributed by atoms with Gasteiger partial charge < -0.3 is 10.5 Å². The molecule has 0 saturated heterocycles. The molecule has 0 amide bonds. The van der Waals surface area contributed by atoms with Crippen molar-refractivity contribution in [2.24, 2.45) is 0 Å². The number of hydrogen-bond acceptors (Lipinski definition) is 3. The molecule has 0 aliphatic heterocycles. The van der Waals surface area contributed by atoms with Crippen LogP contribution in [-0.2, 0) is 10.8 Å². The molecule has 0 saturated carbocycles. The number of rotatable bonds is 5. The van der Waals surface area contributed by atoms with Crippen LogP contribution >= 0.6 is 23.2 Å². The van der Waals surface area contributed by atoms with Crippen molar-refractivity contribution in [1.82, 2.24) is 0 Å². The maximum Gasteiger partial charge on any atom is 0.121 e. The van der Waals surface area contributed by atoms with Crippen LogP contribution < -0.4 is 10.5 Å². The van der Waals surface area contributed by atoms with Crippen molar-refractivity contribution in [3.05, 3.63) is 52.5 Å². The predicted molar refractivity (Wildman–Crippen MR) is 84.1 cm³/mol. The average Bonchev–Trinajstić information content (AvgIpc) is 2.38. The van der Waals surface area contributed by atoms with E-state index in [9.17, 15) is 4.21 Å². The van der Waals surface area contributed by atoms with E-state index in [-0.39, 0.29) is 6.61 Å². The van der Waals surface area contributed by atoms with E-state index in [0.29, 0.717) is 32.1 Å². The Labute approximate surface area is 130 Å². The number of benzene rings is 2. The summed E-state index contributed by atoms with van der Waals surface area (Å²) < 4.78 is 17.7. The summed E-state index contributed by atoms with van der Waals surface area (Å²) in [5, 5.41) is 0.805. The van der Waals surface area contributed by atoms with Crippen molar-refractivity contribution in [3.8, 4) is 5.75 Å². The molecular weight excluding hydrogens is 317 g/mol. The first kappa shape index (κ1) is 15.2. The number of nitrogens with two attached hydrogens (primary N) is 1. The molecule has 6 heteroatoms. The molecule has 0 heterocycles. The second kappa shape index (κ2) is 6.97. The van der Waals surface area contributed by atoms with E-state index in [1.807, 2.05) is 0 Å². The minimum absolute atomic E-state index is 0.289. The van der Waals surface area contributed by atoms with E-state index in [4.69, 9.17) is 33.7 Å². The fourth-order valence-corrected chi connectivity index (χ4v) is 3.57. The van der Waals surface area contributed by atoms with Crippen LogP contribution in [0.5, 0.6) is 5.75 Å². The van der Waals surface area contributed by atoms with Crippen LogP contribution in [0.25, 0.3) is 0 Å². The molecule has 20 heavy (non-hydrogen) atoms. The number of ether oxygens (including phenoxy) is 1. The zero-order valence-electron chi connectivity index (χ0n) is 10.5. The van der Waals surface area contributed by atoms with Gasteiger partial charge in [-0.3, -0.25) is 4.21 Å². The highest BCUT2D eigenvalue weighted by Crippen LogP contribution is 2.27. The quantitative estimate of drug-likeness (QED) is 0.849. The normalized spacial score (nSPS) is 12.1. The molecule has 2 N–H and O–H groups in total. The molecule has 0 aliphatic rings. The van der Waals surface area contributed by atoms with Crippen molar-refractivity contribution in [1.29, 1.82) is 0 Å². The van der Waals surface area contributed by atoms with E-state index in [2.05, 4.69) is 0 Å². The largest absolute Gasteiger partial charge is 0.493 e. The lowest BCUT2D eigenvalue weighted by molar-refractivity contribution is 0.343. The Morgan fingerprint density at radius 1 is 1.10 bits per heavy atom. The minimum Gasteiger partial charge on any atom is -0.493 e.